The lowest BCUT2D eigenvalue weighted by Gasteiger charge is -1.99. The van der Waals surface area contributed by atoms with E-state index in [1.54, 1.807) is 0 Å². The third-order valence-electron chi connectivity index (χ3n) is 1.18. The first-order valence-electron chi connectivity index (χ1n) is 3.44. The molecule has 0 aliphatic carbocycles. The summed E-state index contributed by atoms with van der Waals surface area (Å²) in [6.45, 7) is 4.09. The molecule has 0 aromatic heterocycles. The minimum atomic E-state index is 0.955. The van der Waals surface area contributed by atoms with Crippen LogP contribution in [0.1, 0.15) is 20.3 Å². The van der Waals surface area contributed by atoms with Crippen LogP contribution in [0.4, 0.5) is 0 Å². The minimum absolute atomic E-state index is 0.955. The van der Waals surface area contributed by atoms with E-state index >= 15 is 0 Å². The smallest absolute Gasteiger partial charge is 0.0702 e. The lowest BCUT2D eigenvalue weighted by molar-refractivity contribution is 1.30. The van der Waals surface area contributed by atoms with Crippen molar-refractivity contribution in [3.8, 4) is 0 Å². The molecular formula is C7H14N2S2. The van der Waals surface area contributed by atoms with Gasteiger partial charge in [-0.15, -0.1) is 0 Å². The highest BCUT2D eigenvalue weighted by Gasteiger charge is 1.99. The van der Waals surface area contributed by atoms with E-state index in [1.807, 2.05) is 19.4 Å². The van der Waals surface area contributed by atoms with Gasteiger partial charge >= 0.3 is 0 Å². The second kappa shape index (κ2) is 6.73. The fourth-order valence-corrected chi connectivity index (χ4v) is 1.55. The third kappa shape index (κ3) is 4.48. The number of hydrogen-bond acceptors (Lipinski definition) is 4. The molecule has 0 saturated carbocycles. The fourth-order valence-electron chi connectivity index (χ4n) is 0.686. The molecule has 0 heterocycles. The Bertz CT molecular complexity index is 164. The van der Waals surface area contributed by atoms with Crippen LogP contribution in [0.25, 0.3) is 0 Å². The molecule has 0 saturated heterocycles. The Kier molecular flexibility index (Phi) is 6.76. The van der Waals surface area contributed by atoms with Gasteiger partial charge in [0.2, 0.25) is 0 Å². The molecule has 0 unspecified atom stereocenters. The van der Waals surface area contributed by atoms with E-state index in [0.29, 0.717) is 0 Å². The summed E-state index contributed by atoms with van der Waals surface area (Å²) in [4.78, 5) is 0. The zero-order valence-electron chi connectivity index (χ0n) is 7.42. The first-order chi connectivity index (χ1) is 5.26. The molecule has 64 valence electrons. The van der Waals surface area contributed by atoms with Crippen LogP contribution < -0.4 is 0 Å². The van der Waals surface area contributed by atoms with Crippen LogP contribution in [0, 0.1) is 0 Å². The Balaban J connectivity index is 4.25. The topological polar surface area (TPSA) is 24.7 Å². The molecular weight excluding hydrogens is 176 g/mol. The van der Waals surface area contributed by atoms with E-state index < -0.39 is 0 Å². The normalized spacial score (nSPS) is 13.8. The summed E-state index contributed by atoms with van der Waals surface area (Å²) in [6.07, 6.45) is 4.87. The van der Waals surface area contributed by atoms with Crippen LogP contribution in [0.15, 0.2) is 8.80 Å². The summed E-state index contributed by atoms with van der Waals surface area (Å²) < 4.78 is 8.45. The highest BCUT2D eigenvalue weighted by atomic mass is 32.2. The van der Waals surface area contributed by atoms with Gasteiger partial charge in [-0.05, 0) is 37.2 Å². The molecule has 0 aromatic rings. The monoisotopic (exact) mass is 190 g/mol. The Hall–Kier alpha value is 0.0400. The lowest BCUT2D eigenvalue weighted by Crippen LogP contribution is -2.07. The maximum Gasteiger partial charge on any atom is 0.0702 e. The van der Waals surface area contributed by atoms with Gasteiger partial charge in [0.1, 0.15) is 0 Å². The number of hydrogen-bond donors (Lipinski definition) is 0. The summed E-state index contributed by atoms with van der Waals surface area (Å²) in [5, 5.41) is 0. The van der Waals surface area contributed by atoms with Crippen LogP contribution in [-0.4, -0.2) is 23.9 Å². The molecule has 0 amide bonds. The summed E-state index contributed by atoms with van der Waals surface area (Å²) in [5.74, 6) is 0. The van der Waals surface area contributed by atoms with Gasteiger partial charge in [0, 0.05) is 12.5 Å². The quantitative estimate of drug-likeness (QED) is 0.503. The molecule has 0 atom stereocenters. The van der Waals surface area contributed by atoms with Crippen molar-refractivity contribution in [3.63, 3.8) is 0 Å². The molecule has 0 rings (SSSR count). The standard InChI is InChI=1S/C7H14N2S2/c1-5-7(9-11-4)6(2)8-10-3/h5H2,1-4H3/b8-6-,9-7+. The largest absolute Gasteiger partial charge is 0.220 e. The Morgan fingerprint density at radius 1 is 1.18 bits per heavy atom. The maximum absolute atomic E-state index is 4.25. The SMILES string of the molecule is CCC(=N\SC)/C(C)=N\SC. The van der Waals surface area contributed by atoms with E-state index in [-0.39, 0.29) is 0 Å². The van der Waals surface area contributed by atoms with Crippen LogP contribution in [0.5, 0.6) is 0 Å². The first-order valence-corrected chi connectivity index (χ1v) is 5.80. The van der Waals surface area contributed by atoms with Gasteiger partial charge in [-0.3, -0.25) is 0 Å². The number of rotatable bonds is 4. The lowest BCUT2D eigenvalue weighted by atomic mass is 10.2. The van der Waals surface area contributed by atoms with Crippen LogP contribution >= 0.6 is 23.9 Å². The summed E-state index contributed by atoms with van der Waals surface area (Å²) in [5.41, 5.74) is 2.13. The van der Waals surface area contributed by atoms with E-state index in [4.69, 9.17) is 0 Å². The summed E-state index contributed by atoms with van der Waals surface area (Å²) in [6, 6.07) is 0. The van der Waals surface area contributed by atoms with Crippen LogP contribution in [0.3, 0.4) is 0 Å². The molecule has 2 nitrogen and oxygen atoms in total. The highest BCUT2D eigenvalue weighted by molar-refractivity contribution is 7.97. The van der Waals surface area contributed by atoms with Crippen LogP contribution in [0.2, 0.25) is 0 Å². The average molecular weight is 190 g/mol. The van der Waals surface area contributed by atoms with Gasteiger partial charge in [-0.2, -0.15) is 0 Å². The Labute approximate surface area is 77.2 Å². The fraction of sp³-hybridized carbons (Fsp3) is 0.714. The van der Waals surface area contributed by atoms with Gasteiger partial charge in [-0.25, -0.2) is 8.80 Å². The predicted octanol–water partition coefficient (Wildman–Crippen LogP) is 2.85. The molecule has 0 bridgehead atoms. The Morgan fingerprint density at radius 2 is 1.73 bits per heavy atom. The molecule has 0 N–H and O–H groups in total. The van der Waals surface area contributed by atoms with Gasteiger partial charge in [-0.1, -0.05) is 6.92 Å². The van der Waals surface area contributed by atoms with Crippen molar-refractivity contribution in [1.82, 2.24) is 0 Å². The Morgan fingerprint density at radius 3 is 2.09 bits per heavy atom. The molecule has 0 aromatic carbocycles. The molecule has 11 heavy (non-hydrogen) atoms. The van der Waals surface area contributed by atoms with E-state index in [2.05, 4.69) is 15.7 Å². The summed E-state index contributed by atoms with van der Waals surface area (Å²) in [7, 11) is 0. The van der Waals surface area contributed by atoms with Crippen LogP contribution in [-0.2, 0) is 0 Å². The van der Waals surface area contributed by atoms with Crippen molar-refractivity contribution in [1.29, 1.82) is 0 Å². The van der Waals surface area contributed by atoms with E-state index in [1.165, 1.54) is 23.9 Å². The van der Waals surface area contributed by atoms with Gasteiger partial charge in [0.05, 0.1) is 11.4 Å². The van der Waals surface area contributed by atoms with Crippen molar-refractivity contribution < 1.29 is 0 Å². The van der Waals surface area contributed by atoms with Crippen molar-refractivity contribution in [3.05, 3.63) is 0 Å². The zero-order chi connectivity index (χ0) is 8.69. The number of nitrogens with zero attached hydrogens (tertiary/aromatic N) is 2. The van der Waals surface area contributed by atoms with E-state index in [0.717, 1.165) is 17.8 Å². The summed E-state index contributed by atoms with van der Waals surface area (Å²) >= 11 is 2.96. The third-order valence-corrected chi connectivity index (χ3v) is 2.04. The van der Waals surface area contributed by atoms with Gasteiger partial charge in [0.25, 0.3) is 0 Å². The second-order valence-electron chi connectivity index (χ2n) is 1.93. The molecule has 0 aliphatic rings. The zero-order valence-corrected chi connectivity index (χ0v) is 9.05. The minimum Gasteiger partial charge on any atom is -0.220 e. The second-order valence-corrected chi connectivity index (χ2v) is 3.03. The van der Waals surface area contributed by atoms with Crippen molar-refractivity contribution in [2.45, 2.75) is 20.3 Å². The van der Waals surface area contributed by atoms with Crippen molar-refractivity contribution >= 4 is 35.3 Å². The molecule has 4 heteroatoms. The molecule has 0 radical (unpaired) electrons. The molecule has 0 aliphatic heterocycles. The predicted molar refractivity (Wildman–Crippen MR) is 57.9 cm³/mol. The average Bonchev–Trinajstić information content (AvgIpc) is 2.00. The first kappa shape index (κ1) is 11.0. The molecule has 0 spiro atoms. The van der Waals surface area contributed by atoms with E-state index in [9.17, 15) is 0 Å². The highest BCUT2D eigenvalue weighted by Crippen LogP contribution is 2.03. The van der Waals surface area contributed by atoms with Crippen molar-refractivity contribution in [2.24, 2.45) is 8.80 Å². The molecule has 0 fully saturated rings. The van der Waals surface area contributed by atoms with Gasteiger partial charge in [0.15, 0.2) is 0 Å². The van der Waals surface area contributed by atoms with Gasteiger partial charge < -0.3 is 0 Å². The maximum atomic E-state index is 4.25. The van der Waals surface area contributed by atoms with Crippen molar-refractivity contribution in [2.75, 3.05) is 12.5 Å².